The van der Waals surface area contributed by atoms with Gasteiger partial charge in [-0.2, -0.15) is 0 Å². The average molecular weight is 323 g/mol. The quantitative estimate of drug-likeness (QED) is 0.284. The molecule has 0 atom stereocenters. The molecule has 0 unspecified atom stereocenters. The van der Waals surface area contributed by atoms with Crippen LogP contribution in [0.1, 0.15) is 27.7 Å². The molecule has 7 heteroatoms. The molecule has 0 fully saturated rings. The molecule has 122 valence electrons. The molecule has 1 aromatic rings. The van der Waals surface area contributed by atoms with Crippen LogP contribution in [0.15, 0.2) is 35.2 Å². The van der Waals surface area contributed by atoms with Gasteiger partial charge in [0.05, 0.1) is 5.69 Å². The molecule has 0 aromatic heterocycles. The van der Waals surface area contributed by atoms with E-state index in [-0.39, 0.29) is 0 Å². The molecule has 0 radical (unpaired) electrons. The highest BCUT2D eigenvalue weighted by molar-refractivity contribution is 7.71. The van der Waals surface area contributed by atoms with Gasteiger partial charge >= 0.3 is 7.87 Å². The molecule has 0 bridgehead atoms. The molecule has 0 aliphatic rings. The summed E-state index contributed by atoms with van der Waals surface area (Å²) in [6.45, 7) is 11.9. The van der Waals surface area contributed by atoms with Crippen molar-refractivity contribution in [3.05, 3.63) is 40.8 Å². The van der Waals surface area contributed by atoms with Gasteiger partial charge in [0.15, 0.2) is 0 Å². The lowest BCUT2D eigenvalue weighted by Gasteiger charge is -2.41. The summed E-state index contributed by atoms with van der Waals surface area (Å²) in [6.07, 6.45) is 0. The minimum Gasteiger partial charge on any atom is -0.209 e. The molecule has 0 saturated heterocycles. The summed E-state index contributed by atoms with van der Waals surface area (Å²) in [4.78, 5) is 7.62. The Balaban J connectivity index is 3.50. The van der Waals surface area contributed by atoms with Gasteiger partial charge in [-0.1, -0.05) is 18.2 Å². The zero-order valence-corrected chi connectivity index (χ0v) is 15.2. The highest BCUT2D eigenvalue weighted by Gasteiger charge is 2.54. The van der Waals surface area contributed by atoms with Gasteiger partial charge in [0.25, 0.3) is 0 Å². The van der Waals surface area contributed by atoms with Crippen LogP contribution >= 0.6 is 7.87 Å². The third kappa shape index (κ3) is 3.53. The first-order valence-corrected chi connectivity index (χ1v) is 9.47. The number of azide groups is 1. The second kappa shape index (κ2) is 8.96. The summed E-state index contributed by atoms with van der Waals surface area (Å²) in [5, 5.41) is 0. The molecule has 0 amide bonds. The number of hydrogen-bond acceptors (Lipinski definition) is 4. The maximum absolute atomic E-state index is 9.28. The summed E-state index contributed by atoms with van der Waals surface area (Å²) in [5.74, 6) is 0. The van der Waals surface area contributed by atoms with Gasteiger partial charge in [-0.3, -0.25) is 0 Å². The van der Waals surface area contributed by atoms with E-state index in [2.05, 4.69) is 63.6 Å². The first kappa shape index (κ1) is 18.7. The lowest BCUT2D eigenvalue weighted by Crippen LogP contribution is -2.43. The van der Waals surface area contributed by atoms with Crippen LogP contribution in [-0.4, -0.2) is 42.6 Å². The maximum atomic E-state index is 9.28. The van der Waals surface area contributed by atoms with Crippen LogP contribution in [0.3, 0.4) is 0 Å². The summed E-state index contributed by atoms with van der Waals surface area (Å²) in [6, 6.07) is 10.2. The van der Waals surface area contributed by atoms with Crippen LogP contribution in [-0.2, 0) is 0 Å². The monoisotopic (exact) mass is 323 g/mol. The van der Waals surface area contributed by atoms with Crippen molar-refractivity contribution in [1.82, 2.24) is 9.34 Å². The average Bonchev–Trinajstić information content (AvgIpc) is 2.56. The van der Waals surface area contributed by atoms with Crippen LogP contribution < -0.4 is 4.67 Å². The summed E-state index contributed by atoms with van der Waals surface area (Å²) < 4.78 is 6.77. The van der Waals surface area contributed by atoms with E-state index < -0.39 is 7.87 Å². The van der Waals surface area contributed by atoms with Gasteiger partial charge in [0.1, 0.15) is 4.88 Å². The largest absolute Gasteiger partial charge is 0.366 e. The van der Waals surface area contributed by atoms with Crippen molar-refractivity contribution in [2.75, 3.05) is 37.9 Å². The molecular formula is C15H28N6P+. The Kier molecular flexibility index (Phi) is 7.63. The molecule has 1 rings (SSSR count). The van der Waals surface area contributed by atoms with Crippen molar-refractivity contribution >= 4 is 13.6 Å². The second-order valence-electron chi connectivity index (χ2n) is 4.85. The normalized spacial score (nSPS) is 11.6. The Hall–Kier alpha value is -1.32. The molecule has 0 aliphatic carbocycles. The summed E-state index contributed by atoms with van der Waals surface area (Å²) >= 11 is 0. The number of para-hydroxylation sites is 1. The molecule has 1 aromatic carbocycles. The van der Waals surface area contributed by atoms with Crippen LogP contribution in [0.2, 0.25) is 0 Å². The molecule has 0 heterocycles. The van der Waals surface area contributed by atoms with E-state index in [1.54, 1.807) is 0 Å². The Labute approximate surface area is 134 Å². The van der Waals surface area contributed by atoms with Crippen LogP contribution in [0, 0.1) is 0 Å². The number of nitrogens with zero attached hydrogens (tertiary/aromatic N) is 6. The minimum atomic E-state index is -2.32. The fraction of sp³-hybridized carbons (Fsp3) is 0.600. The summed E-state index contributed by atoms with van der Waals surface area (Å²) in [5.41, 5.74) is 10.4. The van der Waals surface area contributed by atoms with Gasteiger partial charge < -0.3 is 0 Å². The van der Waals surface area contributed by atoms with Gasteiger partial charge in [0.2, 0.25) is 0 Å². The number of benzene rings is 1. The number of hydrogen-bond donors (Lipinski definition) is 0. The van der Waals surface area contributed by atoms with Crippen LogP contribution in [0.25, 0.3) is 10.4 Å². The van der Waals surface area contributed by atoms with Crippen LogP contribution in [0.5, 0.6) is 0 Å². The zero-order chi connectivity index (χ0) is 16.6. The van der Waals surface area contributed by atoms with E-state index in [1.165, 1.54) is 0 Å². The fourth-order valence-corrected chi connectivity index (χ4v) is 6.32. The number of rotatable bonds is 9. The van der Waals surface area contributed by atoms with E-state index in [4.69, 9.17) is 0 Å². The Bertz CT molecular complexity index is 468. The standard InChI is InChI=1S/C15H28N6P/c1-6-20(7-2)22(18-17-16,21(8-3)9-4)19(5)15-13-11-10-12-14-15/h10-14H,6-9H2,1-5H3/q+1. The van der Waals surface area contributed by atoms with Gasteiger partial charge in [0, 0.05) is 38.1 Å². The lowest BCUT2D eigenvalue weighted by atomic mass is 10.3. The highest BCUT2D eigenvalue weighted by atomic mass is 31.2. The maximum Gasteiger partial charge on any atom is 0.366 e. The highest BCUT2D eigenvalue weighted by Crippen LogP contribution is 2.69. The third-order valence-electron chi connectivity index (χ3n) is 3.91. The first-order chi connectivity index (χ1) is 10.6. The van der Waals surface area contributed by atoms with Gasteiger partial charge in [-0.15, -0.1) is 9.34 Å². The lowest BCUT2D eigenvalue weighted by molar-refractivity contribution is 0.402. The van der Waals surface area contributed by atoms with Crippen molar-refractivity contribution in [2.45, 2.75) is 27.7 Å². The van der Waals surface area contributed by atoms with E-state index in [0.717, 1.165) is 31.9 Å². The van der Waals surface area contributed by atoms with Crippen molar-refractivity contribution in [2.24, 2.45) is 4.88 Å². The topological polar surface area (TPSA) is 58.5 Å². The fourth-order valence-electron chi connectivity index (χ4n) is 2.79. The molecule has 0 saturated carbocycles. The van der Waals surface area contributed by atoms with E-state index >= 15 is 0 Å². The van der Waals surface area contributed by atoms with Crippen LogP contribution in [0.4, 0.5) is 5.69 Å². The predicted molar refractivity (Wildman–Crippen MR) is 96.8 cm³/mol. The Morgan fingerprint density at radius 3 is 1.77 bits per heavy atom. The molecule has 22 heavy (non-hydrogen) atoms. The molecule has 6 nitrogen and oxygen atoms in total. The molecule has 0 spiro atoms. The van der Waals surface area contributed by atoms with E-state index in [1.807, 2.05) is 25.2 Å². The smallest absolute Gasteiger partial charge is 0.209 e. The SMILES string of the molecule is CCN(CC)[P+](N=[N+]=[N-])(N(CC)CC)N(C)c1ccccc1. The van der Waals surface area contributed by atoms with Crippen molar-refractivity contribution < 1.29 is 0 Å². The molecule has 0 aliphatic heterocycles. The van der Waals surface area contributed by atoms with Crippen molar-refractivity contribution in [3.63, 3.8) is 0 Å². The third-order valence-corrected chi connectivity index (χ3v) is 7.92. The van der Waals surface area contributed by atoms with E-state index in [9.17, 15) is 5.53 Å². The molecule has 0 N–H and O–H groups in total. The van der Waals surface area contributed by atoms with Crippen molar-refractivity contribution in [3.8, 4) is 0 Å². The summed E-state index contributed by atoms with van der Waals surface area (Å²) in [7, 11) is -0.285. The van der Waals surface area contributed by atoms with Gasteiger partial charge in [-0.25, -0.2) is 4.67 Å². The zero-order valence-electron chi connectivity index (χ0n) is 14.3. The van der Waals surface area contributed by atoms with Crippen molar-refractivity contribution in [1.29, 1.82) is 0 Å². The Morgan fingerprint density at radius 2 is 1.41 bits per heavy atom. The Morgan fingerprint density at radius 1 is 0.955 bits per heavy atom. The van der Waals surface area contributed by atoms with E-state index in [0.29, 0.717) is 0 Å². The van der Waals surface area contributed by atoms with Gasteiger partial charge in [-0.05, 0) is 45.4 Å². The second-order valence-corrected chi connectivity index (χ2v) is 7.84. The minimum absolute atomic E-state index is 0.844. The molecular weight excluding hydrogens is 295 g/mol. The first-order valence-electron chi connectivity index (χ1n) is 7.87. The number of anilines is 1. The predicted octanol–water partition coefficient (Wildman–Crippen LogP) is 4.79.